The maximum atomic E-state index is 10.1. The van der Waals surface area contributed by atoms with Crippen LogP contribution in [0.25, 0.3) is 11.0 Å². The highest BCUT2D eigenvalue weighted by atomic mass is 127. The molecule has 0 saturated carbocycles. The minimum atomic E-state index is -0.968. The predicted octanol–water partition coefficient (Wildman–Crippen LogP) is 1.40. The average molecular weight is 407 g/mol. The fourth-order valence-electron chi connectivity index (χ4n) is 2.42. The summed E-state index contributed by atoms with van der Waals surface area (Å²) < 4.78 is 8.43. The van der Waals surface area contributed by atoms with Crippen molar-refractivity contribution in [3.05, 3.63) is 16.1 Å². The molecule has 108 valence electrons. The second kappa shape index (κ2) is 5.41. The molecule has 4 atom stereocenters. The fourth-order valence-corrected chi connectivity index (χ4v) is 3.96. The normalized spacial score (nSPS) is 30.2. The molecule has 1 fully saturated rings. The second-order valence-corrected chi connectivity index (χ2v) is 6.64. The Labute approximate surface area is 133 Å². The van der Waals surface area contributed by atoms with Crippen molar-refractivity contribution >= 4 is 45.4 Å². The lowest BCUT2D eigenvalue weighted by Gasteiger charge is -2.17. The molecular weight excluding hydrogens is 393 g/mol. The van der Waals surface area contributed by atoms with Crippen molar-refractivity contribution in [2.75, 3.05) is 6.26 Å². The van der Waals surface area contributed by atoms with E-state index in [0.29, 0.717) is 5.65 Å². The van der Waals surface area contributed by atoms with Crippen LogP contribution in [0.15, 0.2) is 17.6 Å². The molecule has 0 radical (unpaired) electrons. The zero-order valence-electron chi connectivity index (χ0n) is 10.9. The van der Waals surface area contributed by atoms with Gasteiger partial charge in [0.05, 0.1) is 11.5 Å². The van der Waals surface area contributed by atoms with E-state index in [2.05, 4.69) is 32.6 Å². The summed E-state index contributed by atoms with van der Waals surface area (Å²) in [5.41, 5.74) is 0.708. The van der Waals surface area contributed by atoms with Crippen molar-refractivity contribution in [3.63, 3.8) is 0 Å². The molecule has 0 aliphatic carbocycles. The number of aliphatic hydroxyl groups is 2. The molecule has 0 amide bonds. The molecule has 0 bridgehead atoms. The van der Waals surface area contributed by atoms with Crippen molar-refractivity contribution in [3.8, 4) is 0 Å². The number of halogens is 1. The van der Waals surface area contributed by atoms with Crippen LogP contribution in [0.5, 0.6) is 0 Å². The van der Waals surface area contributed by atoms with Crippen LogP contribution in [0.4, 0.5) is 0 Å². The van der Waals surface area contributed by atoms with Crippen LogP contribution in [0.3, 0.4) is 0 Å². The predicted molar refractivity (Wildman–Crippen MR) is 83.6 cm³/mol. The molecule has 20 heavy (non-hydrogen) atoms. The van der Waals surface area contributed by atoms with Gasteiger partial charge >= 0.3 is 0 Å². The topological polar surface area (TPSA) is 80.4 Å². The number of aliphatic hydroxyl groups excluding tert-OH is 2. The van der Waals surface area contributed by atoms with Gasteiger partial charge in [0.2, 0.25) is 0 Å². The first kappa shape index (κ1) is 14.5. The Morgan fingerprint density at radius 2 is 2.10 bits per heavy atom. The Kier molecular flexibility index (Phi) is 3.93. The third-order valence-electron chi connectivity index (χ3n) is 3.47. The van der Waals surface area contributed by atoms with Gasteiger partial charge in [0.25, 0.3) is 0 Å². The van der Waals surface area contributed by atoms with E-state index in [0.717, 1.165) is 14.0 Å². The zero-order valence-corrected chi connectivity index (χ0v) is 13.9. The Bertz CT molecular complexity index is 650. The summed E-state index contributed by atoms with van der Waals surface area (Å²) in [6.07, 6.45) is 2.44. The molecule has 1 aliphatic rings. The molecule has 0 spiro atoms. The lowest BCUT2D eigenvalue weighted by atomic mass is 10.1. The molecule has 4 unspecified atom stereocenters. The lowest BCUT2D eigenvalue weighted by Crippen LogP contribution is -2.30. The molecule has 6 nitrogen and oxygen atoms in total. The molecule has 1 aliphatic heterocycles. The summed E-state index contributed by atoms with van der Waals surface area (Å²) >= 11 is 3.77. The standard InChI is InChI=1S/C12H14IN3O3S/c1-5-8(17)9(18)12(19-5)16-3-6(13)7-10(16)14-4-15-11(7)20-2/h3-5,8-9,12,17-18H,1-2H3. The first-order valence-electron chi connectivity index (χ1n) is 6.11. The minimum absolute atomic E-state index is 0.410. The number of ether oxygens (including phenoxy) is 1. The number of rotatable bonds is 2. The van der Waals surface area contributed by atoms with Crippen LogP contribution >= 0.6 is 34.4 Å². The van der Waals surface area contributed by atoms with E-state index < -0.39 is 24.5 Å². The van der Waals surface area contributed by atoms with Gasteiger partial charge in [0.1, 0.15) is 29.2 Å². The molecule has 1 saturated heterocycles. The number of hydrogen-bond donors (Lipinski definition) is 2. The Morgan fingerprint density at radius 1 is 1.35 bits per heavy atom. The number of hydrogen-bond acceptors (Lipinski definition) is 6. The van der Waals surface area contributed by atoms with E-state index in [4.69, 9.17) is 4.74 Å². The van der Waals surface area contributed by atoms with Crippen LogP contribution in [-0.4, -0.2) is 49.3 Å². The van der Waals surface area contributed by atoms with Gasteiger partial charge in [0, 0.05) is 9.77 Å². The molecule has 2 aromatic heterocycles. The van der Waals surface area contributed by atoms with Gasteiger partial charge in [-0.1, -0.05) is 0 Å². The SMILES string of the molecule is CSc1ncnc2c1c(I)cn2C1OC(C)C(O)C1O. The first-order valence-corrected chi connectivity index (χ1v) is 8.41. The highest BCUT2D eigenvalue weighted by molar-refractivity contribution is 14.1. The number of nitrogens with zero attached hydrogens (tertiary/aromatic N) is 3. The van der Waals surface area contributed by atoms with Gasteiger partial charge in [-0.15, -0.1) is 11.8 Å². The van der Waals surface area contributed by atoms with Crippen molar-refractivity contribution in [2.24, 2.45) is 0 Å². The molecule has 2 aromatic rings. The van der Waals surface area contributed by atoms with Gasteiger partial charge in [-0.25, -0.2) is 9.97 Å². The van der Waals surface area contributed by atoms with E-state index in [1.165, 1.54) is 6.33 Å². The quantitative estimate of drug-likeness (QED) is 0.445. The summed E-state index contributed by atoms with van der Waals surface area (Å²) in [5, 5.41) is 21.8. The molecular formula is C12H14IN3O3S. The Hall–Kier alpha value is -0.420. The zero-order chi connectivity index (χ0) is 14.4. The van der Waals surface area contributed by atoms with Gasteiger partial charge in [0.15, 0.2) is 6.23 Å². The van der Waals surface area contributed by atoms with Crippen LogP contribution < -0.4 is 0 Å². The van der Waals surface area contributed by atoms with Crippen molar-refractivity contribution in [1.29, 1.82) is 0 Å². The molecule has 8 heteroatoms. The summed E-state index contributed by atoms with van der Waals surface area (Å²) in [6, 6.07) is 0. The van der Waals surface area contributed by atoms with Gasteiger partial charge in [-0.3, -0.25) is 0 Å². The monoisotopic (exact) mass is 407 g/mol. The maximum Gasteiger partial charge on any atom is 0.164 e. The van der Waals surface area contributed by atoms with E-state index >= 15 is 0 Å². The second-order valence-electron chi connectivity index (χ2n) is 4.68. The van der Waals surface area contributed by atoms with Crippen molar-refractivity contribution in [2.45, 2.75) is 36.5 Å². The summed E-state index contributed by atoms with van der Waals surface area (Å²) in [4.78, 5) is 8.56. The van der Waals surface area contributed by atoms with Crippen LogP contribution in [0, 0.1) is 3.57 Å². The summed E-state index contributed by atoms with van der Waals surface area (Å²) in [6.45, 7) is 1.74. The Morgan fingerprint density at radius 3 is 2.70 bits per heavy atom. The summed E-state index contributed by atoms with van der Waals surface area (Å²) in [7, 11) is 0. The highest BCUT2D eigenvalue weighted by Gasteiger charge is 2.42. The maximum absolute atomic E-state index is 10.1. The van der Waals surface area contributed by atoms with Gasteiger partial charge in [-0.2, -0.15) is 0 Å². The smallest absolute Gasteiger partial charge is 0.164 e. The minimum Gasteiger partial charge on any atom is -0.388 e. The van der Waals surface area contributed by atoms with E-state index in [-0.39, 0.29) is 0 Å². The number of thioether (sulfide) groups is 1. The van der Waals surface area contributed by atoms with Crippen LogP contribution in [0.1, 0.15) is 13.2 Å². The molecule has 2 N–H and O–H groups in total. The largest absolute Gasteiger partial charge is 0.388 e. The van der Waals surface area contributed by atoms with Crippen LogP contribution in [0.2, 0.25) is 0 Å². The van der Waals surface area contributed by atoms with Crippen LogP contribution in [-0.2, 0) is 4.74 Å². The highest BCUT2D eigenvalue weighted by Crippen LogP contribution is 2.35. The Balaban J connectivity index is 2.14. The average Bonchev–Trinajstić information content (AvgIpc) is 2.91. The van der Waals surface area contributed by atoms with E-state index in [1.807, 2.05) is 12.5 Å². The summed E-state index contributed by atoms with van der Waals surface area (Å²) in [5.74, 6) is 0. The fraction of sp³-hybridized carbons (Fsp3) is 0.500. The van der Waals surface area contributed by atoms with Crippen molar-refractivity contribution in [1.82, 2.24) is 14.5 Å². The third kappa shape index (κ3) is 2.13. The molecule has 0 aromatic carbocycles. The number of aromatic nitrogens is 3. The van der Waals surface area contributed by atoms with E-state index in [9.17, 15) is 10.2 Å². The number of fused-ring (bicyclic) bond motifs is 1. The molecule has 3 rings (SSSR count). The van der Waals surface area contributed by atoms with E-state index in [1.54, 1.807) is 23.3 Å². The third-order valence-corrected chi connectivity index (χ3v) is 4.99. The van der Waals surface area contributed by atoms with Crippen molar-refractivity contribution < 1.29 is 14.9 Å². The van der Waals surface area contributed by atoms with Gasteiger partial charge < -0.3 is 19.5 Å². The molecule has 3 heterocycles. The first-order chi connectivity index (χ1) is 9.54. The lowest BCUT2D eigenvalue weighted by molar-refractivity contribution is -0.0297. The van der Waals surface area contributed by atoms with Gasteiger partial charge in [-0.05, 0) is 35.8 Å².